The van der Waals surface area contributed by atoms with Crippen molar-refractivity contribution in [2.24, 2.45) is 5.92 Å². The summed E-state index contributed by atoms with van der Waals surface area (Å²) in [5.41, 5.74) is 4.33. The number of hydrogen-bond donors (Lipinski definition) is 1. The van der Waals surface area contributed by atoms with E-state index in [1.807, 2.05) is 6.92 Å². The quantitative estimate of drug-likeness (QED) is 0.907. The molecular weight excluding hydrogens is 234 g/mol. The molecule has 0 spiro atoms. The molecule has 2 nitrogen and oxygen atoms in total. The Bertz CT molecular complexity index is 560. The van der Waals surface area contributed by atoms with Gasteiger partial charge in [0.15, 0.2) is 0 Å². The predicted molar refractivity (Wildman–Crippen MR) is 77.3 cm³/mol. The molecule has 2 aromatic rings. The second-order valence-electron chi connectivity index (χ2n) is 5.57. The molecule has 0 aliphatic heterocycles. The van der Waals surface area contributed by atoms with Crippen LogP contribution in [0.15, 0.2) is 34.7 Å². The van der Waals surface area contributed by atoms with E-state index in [2.05, 4.69) is 49.6 Å². The summed E-state index contributed by atoms with van der Waals surface area (Å²) in [6, 6.07) is 11.4. The van der Waals surface area contributed by atoms with Gasteiger partial charge in [-0.3, -0.25) is 0 Å². The highest BCUT2D eigenvalue weighted by atomic mass is 16.3. The Kier molecular flexibility index (Phi) is 3.19. The molecule has 0 radical (unpaired) electrons. The standard InChI is InChI=1S/C17H21NO/c1-11-8-16(12(2)19-11)17(18-3)15-9-13-6-4-5-7-14(13)10-15/h4-8,15,17-18H,9-10H2,1-3H3. The molecule has 1 aliphatic carbocycles. The van der Waals surface area contributed by atoms with E-state index in [-0.39, 0.29) is 0 Å². The molecule has 0 bridgehead atoms. The highest BCUT2D eigenvalue weighted by Gasteiger charge is 2.30. The van der Waals surface area contributed by atoms with Crippen molar-refractivity contribution < 1.29 is 4.42 Å². The van der Waals surface area contributed by atoms with Crippen molar-refractivity contribution in [3.05, 3.63) is 58.5 Å². The van der Waals surface area contributed by atoms with E-state index in [1.54, 1.807) is 0 Å². The van der Waals surface area contributed by atoms with E-state index in [0.717, 1.165) is 24.4 Å². The van der Waals surface area contributed by atoms with Crippen LogP contribution >= 0.6 is 0 Å². The van der Waals surface area contributed by atoms with Crippen LogP contribution < -0.4 is 5.32 Å². The molecule has 1 aromatic carbocycles. The average molecular weight is 255 g/mol. The Hall–Kier alpha value is -1.54. The van der Waals surface area contributed by atoms with Crippen molar-refractivity contribution in [2.75, 3.05) is 7.05 Å². The fourth-order valence-corrected chi connectivity index (χ4v) is 3.43. The van der Waals surface area contributed by atoms with E-state index in [1.165, 1.54) is 16.7 Å². The summed E-state index contributed by atoms with van der Waals surface area (Å²) in [5.74, 6) is 2.68. The second-order valence-corrected chi connectivity index (χ2v) is 5.57. The van der Waals surface area contributed by atoms with Gasteiger partial charge in [-0.15, -0.1) is 0 Å². The van der Waals surface area contributed by atoms with Crippen LogP contribution in [0.1, 0.15) is 34.3 Å². The van der Waals surface area contributed by atoms with Crippen LogP contribution in [0, 0.1) is 19.8 Å². The molecule has 100 valence electrons. The lowest BCUT2D eigenvalue weighted by Crippen LogP contribution is -2.26. The summed E-state index contributed by atoms with van der Waals surface area (Å²) in [7, 11) is 2.05. The van der Waals surface area contributed by atoms with Crippen molar-refractivity contribution in [2.45, 2.75) is 32.7 Å². The summed E-state index contributed by atoms with van der Waals surface area (Å²) in [5, 5.41) is 3.49. The van der Waals surface area contributed by atoms with Crippen molar-refractivity contribution in [1.82, 2.24) is 5.32 Å². The molecule has 0 amide bonds. The summed E-state index contributed by atoms with van der Waals surface area (Å²) < 4.78 is 5.69. The molecule has 1 heterocycles. The third kappa shape index (κ3) is 2.21. The molecule has 0 saturated heterocycles. The Morgan fingerprint density at radius 2 is 1.79 bits per heavy atom. The van der Waals surface area contributed by atoms with E-state index >= 15 is 0 Å². The van der Waals surface area contributed by atoms with E-state index in [4.69, 9.17) is 4.42 Å². The largest absolute Gasteiger partial charge is 0.466 e. The van der Waals surface area contributed by atoms with Crippen LogP contribution in [-0.4, -0.2) is 7.05 Å². The number of rotatable bonds is 3. The maximum absolute atomic E-state index is 5.69. The molecule has 1 N–H and O–H groups in total. The van der Waals surface area contributed by atoms with E-state index in [9.17, 15) is 0 Å². The smallest absolute Gasteiger partial charge is 0.105 e. The molecule has 0 saturated carbocycles. The van der Waals surface area contributed by atoms with Crippen molar-refractivity contribution in [3.63, 3.8) is 0 Å². The minimum absolute atomic E-state index is 0.379. The number of benzene rings is 1. The van der Waals surface area contributed by atoms with Crippen LogP contribution in [0.5, 0.6) is 0 Å². The fourth-order valence-electron chi connectivity index (χ4n) is 3.43. The fraction of sp³-hybridized carbons (Fsp3) is 0.412. The lowest BCUT2D eigenvalue weighted by Gasteiger charge is -2.22. The molecule has 1 aromatic heterocycles. The Morgan fingerprint density at radius 1 is 1.16 bits per heavy atom. The Labute approximate surface area is 114 Å². The van der Waals surface area contributed by atoms with Crippen LogP contribution in [-0.2, 0) is 12.8 Å². The zero-order chi connectivity index (χ0) is 13.4. The molecule has 2 heteroatoms. The van der Waals surface area contributed by atoms with Crippen LogP contribution in [0.2, 0.25) is 0 Å². The minimum atomic E-state index is 0.379. The summed E-state index contributed by atoms with van der Waals surface area (Å²) >= 11 is 0. The highest BCUT2D eigenvalue weighted by Crippen LogP contribution is 2.36. The van der Waals surface area contributed by atoms with E-state index in [0.29, 0.717) is 12.0 Å². The lowest BCUT2D eigenvalue weighted by atomic mass is 9.91. The number of fused-ring (bicyclic) bond motifs is 1. The van der Waals surface area contributed by atoms with Gasteiger partial charge < -0.3 is 9.73 Å². The van der Waals surface area contributed by atoms with Gasteiger partial charge in [0.25, 0.3) is 0 Å². The minimum Gasteiger partial charge on any atom is -0.466 e. The van der Waals surface area contributed by atoms with Gasteiger partial charge in [0.05, 0.1) is 0 Å². The maximum Gasteiger partial charge on any atom is 0.105 e. The number of nitrogens with one attached hydrogen (secondary N) is 1. The second kappa shape index (κ2) is 4.86. The van der Waals surface area contributed by atoms with Crippen LogP contribution in [0.3, 0.4) is 0 Å². The first-order valence-corrected chi connectivity index (χ1v) is 7.00. The first kappa shape index (κ1) is 12.5. The summed E-state index contributed by atoms with van der Waals surface area (Å²) in [6.45, 7) is 4.08. The first-order chi connectivity index (χ1) is 9.19. The average Bonchev–Trinajstić information content (AvgIpc) is 2.94. The number of aryl methyl sites for hydroxylation is 2. The van der Waals surface area contributed by atoms with Gasteiger partial charge in [-0.1, -0.05) is 24.3 Å². The van der Waals surface area contributed by atoms with Crippen LogP contribution in [0.4, 0.5) is 0 Å². The molecule has 19 heavy (non-hydrogen) atoms. The Balaban J connectivity index is 1.88. The van der Waals surface area contributed by atoms with Gasteiger partial charge in [-0.25, -0.2) is 0 Å². The molecule has 1 atom stereocenters. The molecule has 1 unspecified atom stereocenters. The molecule has 3 rings (SSSR count). The summed E-state index contributed by atoms with van der Waals surface area (Å²) in [4.78, 5) is 0. The number of hydrogen-bond acceptors (Lipinski definition) is 2. The molecule has 1 aliphatic rings. The third-order valence-electron chi connectivity index (χ3n) is 4.28. The monoisotopic (exact) mass is 255 g/mol. The number of furan rings is 1. The lowest BCUT2D eigenvalue weighted by molar-refractivity contribution is 0.389. The van der Waals surface area contributed by atoms with E-state index < -0.39 is 0 Å². The van der Waals surface area contributed by atoms with Crippen molar-refractivity contribution >= 4 is 0 Å². The predicted octanol–water partition coefficient (Wildman–Crippen LogP) is 3.57. The highest BCUT2D eigenvalue weighted by molar-refractivity contribution is 5.35. The van der Waals surface area contributed by atoms with Gasteiger partial charge in [-0.05, 0) is 56.8 Å². The van der Waals surface area contributed by atoms with Gasteiger partial charge in [0.2, 0.25) is 0 Å². The first-order valence-electron chi connectivity index (χ1n) is 7.00. The zero-order valence-electron chi connectivity index (χ0n) is 11.9. The topological polar surface area (TPSA) is 25.2 Å². The van der Waals surface area contributed by atoms with Crippen molar-refractivity contribution in [1.29, 1.82) is 0 Å². The maximum atomic E-state index is 5.69. The van der Waals surface area contributed by atoms with Crippen LogP contribution in [0.25, 0.3) is 0 Å². The SMILES string of the molecule is CNC(c1cc(C)oc1C)C1Cc2ccccc2C1. The normalized spacial score (nSPS) is 16.6. The van der Waals surface area contributed by atoms with Gasteiger partial charge in [-0.2, -0.15) is 0 Å². The van der Waals surface area contributed by atoms with Gasteiger partial charge in [0.1, 0.15) is 11.5 Å². The Morgan fingerprint density at radius 3 is 2.26 bits per heavy atom. The molecular formula is C17H21NO. The van der Waals surface area contributed by atoms with Crippen molar-refractivity contribution in [3.8, 4) is 0 Å². The third-order valence-corrected chi connectivity index (χ3v) is 4.28. The summed E-state index contributed by atoms with van der Waals surface area (Å²) in [6.07, 6.45) is 2.32. The molecule has 0 fully saturated rings. The van der Waals surface area contributed by atoms with Gasteiger partial charge >= 0.3 is 0 Å². The zero-order valence-corrected chi connectivity index (χ0v) is 11.9. The van der Waals surface area contributed by atoms with Gasteiger partial charge in [0, 0.05) is 11.6 Å².